The van der Waals surface area contributed by atoms with Crippen molar-refractivity contribution in [1.82, 2.24) is 4.90 Å². The van der Waals surface area contributed by atoms with E-state index >= 15 is 0 Å². The molecule has 0 amide bonds. The monoisotopic (exact) mass is 455 g/mol. The fourth-order valence-corrected chi connectivity index (χ4v) is 3.60. The van der Waals surface area contributed by atoms with E-state index in [0.717, 1.165) is 0 Å². The van der Waals surface area contributed by atoms with Gasteiger partial charge in [-0.25, -0.2) is 9.98 Å². The number of nitrogens with zero attached hydrogens (tertiary/aromatic N) is 3. The van der Waals surface area contributed by atoms with Crippen LogP contribution in [0.15, 0.2) is 70.6 Å². The maximum absolute atomic E-state index is 14.0. The van der Waals surface area contributed by atoms with Gasteiger partial charge in [0.15, 0.2) is 0 Å². The van der Waals surface area contributed by atoms with Crippen molar-refractivity contribution in [2.24, 2.45) is 9.98 Å². The lowest BCUT2D eigenvalue weighted by Gasteiger charge is -2.42. The Morgan fingerprint density at radius 1 is 0.844 bits per heavy atom. The van der Waals surface area contributed by atoms with Crippen LogP contribution in [0.2, 0.25) is 0 Å². The van der Waals surface area contributed by atoms with Crippen molar-refractivity contribution >= 4 is 11.7 Å². The lowest BCUT2D eigenvalue weighted by Crippen LogP contribution is -2.59. The Labute approximate surface area is 182 Å². The minimum absolute atomic E-state index is 0.0482. The van der Waals surface area contributed by atoms with E-state index in [2.05, 4.69) is 9.98 Å². The zero-order valence-corrected chi connectivity index (χ0v) is 17.6. The summed E-state index contributed by atoms with van der Waals surface area (Å²) in [6.45, 7) is 3.52. The highest BCUT2D eigenvalue weighted by molar-refractivity contribution is 6.11. The summed E-state index contributed by atoms with van der Waals surface area (Å²) in [6.07, 6.45) is -10.6. The summed E-state index contributed by atoms with van der Waals surface area (Å²) in [7, 11) is 0. The van der Waals surface area contributed by atoms with E-state index in [9.17, 15) is 26.3 Å². The van der Waals surface area contributed by atoms with Crippen LogP contribution in [-0.2, 0) is 0 Å². The van der Waals surface area contributed by atoms with Gasteiger partial charge < -0.3 is 4.90 Å². The quantitative estimate of drug-likeness (QED) is 0.435. The van der Waals surface area contributed by atoms with Crippen LogP contribution in [0.3, 0.4) is 0 Å². The number of amidine groups is 2. The molecule has 1 unspecified atom stereocenters. The Morgan fingerprint density at radius 2 is 1.38 bits per heavy atom. The number of aliphatic imine (C=N–C) groups is 2. The zero-order valence-electron chi connectivity index (χ0n) is 17.6. The molecule has 9 heteroatoms. The normalized spacial score (nSPS) is 17.6. The first-order valence-electron chi connectivity index (χ1n) is 10.2. The predicted molar refractivity (Wildman–Crippen MR) is 111 cm³/mol. The number of unbranched alkanes of at least 4 members (excludes halogenated alkanes) is 1. The average Bonchev–Trinajstić information content (AvgIpc) is 2.76. The van der Waals surface area contributed by atoms with Crippen molar-refractivity contribution in [3.63, 3.8) is 0 Å². The van der Waals surface area contributed by atoms with Crippen molar-refractivity contribution in [3.05, 3.63) is 71.8 Å². The lowest BCUT2D eigenvalue weighted by atomic mass is 10.0. The molecule has 1 aliphatic rings. The molecule has 0 spiro atoms. The molecule has 3 rings (SSSR count). The molecule has 0 fully saturated rings. The minimum Gasteiger partial charge on any atom is -0.307 e. The number of alkyl halides is 6. The van der Waals surface area contributed by atoms with Gasteiger partial charge in [-0.05, 0) is 18.9 Å². The standard InChI is InChI=1S/C23H23F6N3/c1-3-4-15-19-30-21(22(24,25)26,23(27,28)29)31-20(18-13-9-6-10-14-18)32(19)16(2)17-11-7-5-8-12-17/h5-14,16H,3-4,15H2,1-2H3. The van der Waals surface area contributed by atoms with Crippen molar-refractivity contribution in [1.29, 1.82) is 0 Å². The van der Waals surface area contributed by atoms with Gasteiger partial charge in [0.1, 0.15) is 11.7 Å². The molecule has 3 nitrogen and oxygen atoms in total. The zero-order chi connectivity index (χ0) is 23.6. The van der Waals surface area contributed by atoms with Crippen molar-refractivity contribution in [3.8, 4) is 0 Å². The van der Waals surface area contributed by atoms with E-state index < -0.39 is 29.9 Å². The van der Waals surface area contributed by atoms with Crippen molar-refractivity contribution < 1.29 is 26.3 Å². The maximum atomic E-state index is 14.0. The predicted octanol–water partition coefficient (Wildman–Crippen LogP) is 6.92. The maximum Gasteiger partial charge on any atom is 0.443 e. The molecule has 0 aliphatic carbocycles. The number of halogens is 6. The average molecular weight is 455 g/mol. The summed E-state index contributed by atoms with van der Waals surface area (Å²) in [5.41, 5.74) is -3.69. The highest BCUT2D eigenvalue weighted by Gasteiger charge is 2.73. The molecule has 1 heterocycles. The van der Waals surface area contributed by atoms with E-state index in [4.69, 9.17) is 0 Å². The van der Waals surface area contributed by atoms with Crippen LogP contribution >= 0.6 is 0 Å². The molecule has 0 bridgehead atoms. The molecule has 0 saturated carbocycles. The number of hydrogen-bond donors (Lipinski definition) is 0. The Hall–Kier alpha value is -2.84. The Bertz CT molecular complexity index is 951. The van der Waals surface area contributed by atoms with Gasteiger partial charge >= 0.3 is 18.0 Å². The van der Waals surface area contributed by atoms with Gasteiger partial charge in [-0.3, -0.25) is 0 Å². The highest BCUT2D eigenvalue weighted by atomic mass is 19.4. The van der Waals surface area contributed by atoms with Crippen LogP contribution in [0.5, 0.6) is 0 Å². The molecule has 0 N–H and O–H groups in total. The van der Waals surface area contributed by atoms with Crippen LogP contribution in [0.25, 0.3) is 0 Å². The smallest absolute Gasteiger partial charge is 0.307 e. The van der Waals surface area contributed by atoms with Gasteiger partial charge in [0.25, 0.3) is 0 Å². The third-order valence-electron chi connectivity index (χ3n) is 5.31. The van der Waals surface area contributed by atoms with Gasteiger partial charge in [0.2, 0.25) is 0 Å². The molecule has 0 aromatic heterocycles. The molecule has 2 aromatic rings. The van der Waals surface area contributed by atoms with Crippen LogP contribution in [0.1, 0.15) is 50.3 Å². The molecule has 2 aromatic carbocycles. The first-order chi connectivity index (χ1) is 15.0. The summed E-state index contributed by atoms with van der Waals surface area (Å²) in [4.78, 5) is 8.02. The fourth-order valence-electron chi connectivity index (χ4n) is 3.60. The molecule has 172 valence electrons. The number of benzene rings is 2. The van der Waals surface area contributed by atoms with Crippen molar-refractivity contribution in [2.75, 3.05) is 0 Å². The van der Waals surface area contributed by atoms with Crippen LogP contribution < -0.4 is 0 Å². The largest absolute Gasteiger partial charge is 0.443 e. The third kappa shape index (κ3) is 4.38. The Morgan fingerprint density at radius 3 is 1.88 bits per heavy atom. The van der Waals surface area contributed by atoms with Gasteiger partial charge in [0.05, 0.1) is 6.04 Å². The molecule has 1 atom stereocenters. The Balaban J connectivity index is 2.30. The number of hydrogen-bond acceptors (Lipinski definition) is 3. The van der Waals surface area contributed by atoms with Gasteiger partial charge in [-0.2, -0.15) is 26.3 Å². The van der Waals surface area contributed by atoms with Crippen LogP contribution in [0, 0.1) is 0 Å². The van der Waals surface area contributed by atoms with E-state index in [1.165, 1.54) is 17.0 Å². The van der Waals surface area contributed by atoms with Gasteiger partial charge in [-0.15, -0.1) is 0 Å². The van der Waals surface area contributed by atoms with Crippen LogP contribution in [0.4, 0.5) is 26.3 Å². The molecular formula is C23H23F6N3. The fraction of sp³-hybridized carbons (Fsp3) is 0.391. The molecular weight excluding hydrogens is 432 g/mol. The topological polar surface area (TPSA) is 28.0 Å². The molecule has 1 aliphatic heterocycles. The van der Waals surface area contributed by atoms with E-state index in [1.807, 2.05) is 0 Å². The summed E-state index contributed by atoms with van der Waals surface area (Å²) < 4.78 is 83.9. The molecule has 0 saturated heterocycles. The first-order valence-corrected chi connectivity index (χ1v) is 10.2. The Kier molecular flexibility index (Phi) is 6.67. The number of rotatable bonds is 6. The second-order valence-corrected chi connectivity index (χ2v) is 7.56. The molecule has 0 radical (unpaired) electrons. The van der Waals surface area contributed by atoms with Gasteiger partial charge in [0, 0.05) is 12.0 Å². The summed E-state index contributed by atoms with van der Waals surface area (Å²) in [5.74, 6) is -0.690. The third-order valence-corrected chi connectivity index (χ3v) is 5.31. The second-order valence-electron chi connectivity index (χ2n) is 7.56. The van der Waals surface area contributed by atoms with E-state index in [0.29, 0.717) is 18.4 Å². The highest BCUT2D eigenvalue weighted by Crippen LogP contribution is 2.50. The summed E-state index contributed by atoms with van der Waals surface area (Å²) in [5, 5.41) is 0. The van der Waals surface area contributed by atoms with E-state index in [-0.39, 0.29) is 17.8 Å². The molecule has 32 heavy (non-hydrogen) atoms. The first kappa shape index (κ1) is 23.8. The van der Waals surface area contributed by atoms with Crippen LogP contribution in [-0.4, -0.2) is 34.6 Å². The second kappa shape index (κ2) is 8.96. The summed E-state index contributed by atoms with van der Waals surface area (Å²) in [6, 6.07) is 15.8. The van der Waals surface area contributed by atoms with Crippen molar-refractivity contribution in [2.45, 2.75) is 57.2 Å². The lowest BCUT2D eigenvalue weighted by molar-refractivity contribution is -0.293. The SMILES string of the molecule is CCCCC1=NC(C(F)(F)F)(C(F)(F)F)N=C(c2ccccc2)N1C(C)c1ccccc1. The minimum atomic E-state index is -5.76. The van der Waals surface area contributed by atoms with E-state index in [1.54, 1.807) is 62.4 Å². The summed E-state index contributed by atoms with van der Waals surface area (Å²) >= 11 is 0. The van der Waals surface area contributed by atoms with Gasteiger partial charge in [-0.1, -0.05) is 74.0 Å².